The van der Waals surface area contributed by atoms with E-state index >= 15 is 0 Å². The summed E-state index contributed by atoms with van der Waals surface area (Å²) >= 11 is 3.48. The molecule has 2 atom stereocenters. The second kappa shape index (κ2) is 9.46. The molecule has 0 saturated carbocycles. The van der Waals surface area contributed by atoms with E-state index in [1.54, 1.807) is 0 Å². The fourth-order valence-corrected chi connectivity index (χ4v) is 5.00. The predicted molar refractivity (Wildman–Crippen MR) is 135 cm³/mol. The summed E-state index contributed by atoms with van der Waals surface area (Å²) in [5, 5.41) is 4.18. The van der Waals surface area contributed by atoms with Gasteiger partial charge >= 0.3 is 0 Å². The van der Waals surface area contributed by atoms with Gasteiger partial charge in [-0.1, -0.05) is 76.6 Å². The number of para-hydroxylation sites is 1. The highest BCUT2D eigenvalue weighted by atomic mass is 79.9. The smallest absolute Gasteiger partial charge is 0.253 e. The summed E-state index contributed by atoms with van der Waals surface area (Å²) in [5.41, 5.74) is 6.22. The molecule has 5 rings (SSSR count). The van der Waals surface area contributed by atoms with Crippen LogP contribution in [0.5, 0.6) is 0 Å². The predicted octanol–water partition coefficient (Wildman–Crippen LogP) is 4.63. The second-order valence-corrected chi connectivity index (χ2v) is 9.68. The molecule has 0 radical (unpaired) electrons. The Balaban J connectivity index is 1.48. The number of halogens is 1. The summed E-state index contributed by atoms with van der Waals surface area (Å²) in [5.74, 6) is -0.0266. The van der Waals surface area contributed by atoms with Crippen molar-refractivity contribution in [1.82, 2.24) is 10.3 Å². The van der Waals surface area contributed by atoms with Crippen molar-refractivity contribution in [2.45, 2.75) is 32.5 Å². The van der Waals surface area contributed by atoms with Crippen LogP contribution < -0.4 is 10.2 Å². The maximum Gasteiger partial charge on any atom is 0.253 e. The van der Waals surface area contributed by atoms with Crippen molar-refractivity contribution in [2.24, 2.45) is 0 Å². The van der Waals surface area contributed by atoms with Crippen LogP contribution in [0.1, 0.15) is 45.7 Å². The van der Waals surface area contributed by atoms with Gasteiger partial charge in [-0.15, -0.1) is 0 Å². The third-order valence-corrected chi connectivity index (χ3v) is 6.99. The number of aromatic nitrogens is 1. The maximum atomic E-state index is 13.7. The van der Waals surface area contributed by atoms with Gasteiger partial charge in [-0.3, -0.25) is 9.78 Å². The summed E-state index contributed by atoms with van der Waals surface area (Å²) in [4.78, 5) is 20.1. The van der Waals surface area contributed by atoms with Crippen molar-refractivity contribution in [2.75, 3.05) is 6.54 Å². The highest BCUT2D eigenvalue weighted by molar-refractivity contribution is 9.10. The third-order valence-electron chi connectivity index (χ3n) is 6.46. The van der Waals surface area contributed by atoms with Crippen molar-refractivity contribution in [3.8, 4) is 0 Å². The van der Waals surface area contributed by atoms with Gasteiger partial charge in [-0.2, -0.15) is 0 Å². The Morgan fingerprint density at radius 2 is 1.76 bits per heavy atom. The molecule has 5 heteroatoms. The summed E-state index contributed by atoms with van der Waals surface area (Å²) in [6.45, 7) is 4.80. The van der Waals surface area contributed by atoms with Crippen LogP contribution in [-0.4, -0.2) is 17.4 Å². The molecule has 1 aromatic heterocycles. The van der Waals surface area contributed by atoms with Crippen molar-refractivity contribution < 1.29 is 9.69 Å². The quantitative estimate of drug-likeness (QED) is 0.419. The van der Waals surface area contributed by atoms with Crippen molar-refractivity contribution in [3.63, 3.8) is 0 Å². The molecule has 0 saturated heterocycles. The number of fused-ring (bicyclic) bond motifs is 2. The first-order valence-electron chi connectivity index (χ1n) is 11.4. The Labute approximate surface area is 202 Å². The minimum Gasteiger partial charge on any atom is -0.345 e. The zero-order valence-corrected chi connectivity index (χ0v) is 20.2. The monoisotopic (exact) mass is 500 g/mol. The molecule has 3 aromatic carbocycles. The Hall–Kier alpha value is -3.02. The van der Waals surface area contributed by atoms with Crippen LogP contribution in [0.3, 0.4) is 0 Å². The molecule has 33 heavy (non-hydrogen) atoms. The summed E-state index contributed by atoms with van der Waals surface area (Å²) in [6.07, 6.45) is 0.880. The molecule has 166 valence electrons. The average Bonchev–Trinajstić information content (AvgIpc) is 2.83. The molecule has 1 aliphatic heterocycles. The normalized spacial score (nSPS) is 16.2. The van der Waals surface area contributed by atoms with E-state index < -0.39 is 0 Å². The number of carbonyl (C=O) groups excluding carboxylic acids is 1. The van der Waals surface area contributed by atoms with E-state index in [2.05, 4.69) is 51.6 Å². The van der Waals surface area contributed by atoms with E-state index in [4.69, 9.17) is 4.98 Å². The van der Waals surface area contributed by atoms with Crippen LogP contribution in [0.4, 0.5) is 0 Å². The fourth-order valence-electron chi connectivity index (χ4n) is 4.73. The van der Waals surface area contributed by atoms with Crippen LogP contribution in [0.2, 0.25) is 0 Å². The molecule has 2 N–H and O–H groups in total. The van der Waals surface area contributed by atoms with Gasteiger partial charge in [-0.25, -0.2) is 0 Å². The van der Waals surface area contributed by atoms with Gasteiger partial charge in [-0.05, 0) is 30.7 Å². The lowest BCUT2D eigenvalue weighted by molar-refractivity contribution is -0.929. The standard InChI is InChI=1S/C28H26BrN3O/c1-19(21-11-13-22(29)14-12-21)30-28(33)27-23-9-5-6-10-25(23)31-26-15-16-32(18-24(26)27)17-20-7-3-2-4-8-20/h2-14,19H,15-18H2,1H3,(H,30,33)/p+1/t19-/m1/s1. The van der Waals surface area contributed by atoms with E-state index in [1.165, 1.54) is 10.5 Å². The van der Waals surface area contributed by atoms with Gasteiger partial charge in [0.1, 0.15) is 13.1 Å². The van der Waals surface area contributed by atoms with Crippen molar-refractivity contribution in [1.29, 1.82) is 0 Å². The van der Waals surface area contributed by atoms with Crippen LogP contribution in [0.25, 0.3) is 10.9 Å². The molecule has 0 aliphatic carbocycles. The van der Waals surface area contributed by atoms with Gasteiger partial charge in [0.05, 0.1) is 29.4 Å². The van der Waals surface area contributed by atoms with Crippen LogP contribution >= 0.6 is 15.9 Å². The zero-order chi connectivity index (χ0) is 22.8. The lowest BCUT2D eigenvalue weighted by Crippen LogP contribution is -3.10. The number of quaternary nitrogens is 1. The highest BCUT2D eigenvalue weighted by Gasteiger charge is 2.28. The molecule has 0 spiro atoms. The minimum absolute atomic E-state index is 0.0266. The number of rotatable bonds is 5. The number of nitrogens with one attached hydrogen (secondary N) is 2. The molecule has 4 nitrogen and oxygen atoms in total. The summed E-state index contributed by atoms with van der Waals surface area (Å²) in [6, 6.07) is 26.6. The average molecular weight is 501 g/mol. The number of pyridine rings is 1. The lowest BCUT2D eigenvalue weighted by atomic mass is 9.94. The molecule has 1 amide bonds. The zero-order valence-electron chi connectivity index (χ0n) is 18.6. The number of amides is 1. The number of hydrogen-bond acceptors (Lipinski definition) is 2. The van der Waals surface area contributed by atoms with Crippen LogP contribution in [-0.2, 0) is 19.5 Å². The Morgan fingerprint density at radius 1 is 1.03 bits per heavy atom. The van der Waals surface area contributed by atoms with Crippen LogP contribution in [0.15, 0.2) is 83.3 Å². The number of carbonyl (C=O) groups is 1. The molecule has 4 aromatic rings. The van der Waals surface area contributed by atoms with Crippen molar-refractivity contribution >= 4 is 32.7 Å². The van der Waals surface area contributed by atoms with E-state index in [0.29, 0.717) is 0 Å². The SMILES string of the molecule is C[C@@H](NC(=O)c1c2c(nc3ccccc13)CC[NH+](Cc1ccccc1)C2)c1ccc(Br)cc1. The largest absolute Gasteiger partial charge is 0.345 e. The maximum absolute atomic E-state index is 13.7. The van der Waals surface area contributed by atoms with Crippen molar-refractivity contribution in [3.05, 3.63) is 111 Å². The van der Waals surface area contributed by atoms with Gasteiger partial charge in [0.2, 0.25) is 0 Å². The second-order valence-electron chi connectivity index (χ2n) is 8.77. The van der Waals surface area contributed by atoms with E-state index in [1.807, 2.05) is 55.5 Å². The number of nitrogens with zero attached hydrogens (tertiary/aromatic N) is 1. The van der Waals surface area contributed by atoms with Gasteiger partial charge in [0.25, 0.3) is 5.91 Å². The van der Waals surface area contributed by atoms with Gasteiger partial charge in [0, 0.05) is 27.4 Å². The Bertz CT molecular complexity index is 1290. The molecular weight excluding hydrogens is 474 g/mol. The fraction of sp³-hybridized carbons (Fsp3) is 0.214. The molecular formula is C28H27BrN3O+. The molecule has 2 heterocycles. The van der Waals surface area contributed by atoms with Gasteiger partial charge in [0.15, 0.2) is 0 Å². The Morgan fingerprint density at radius 3 is 2.55 bits per heavy atom. The number of hydrogen-bond donors (Lipinski definition) is 2. The minimum atomic E-state index is -0.0930. The van der Waals surface area contributed by atoms with E-state index in [9.17, 15) is 4.79 Å². The van der Waals surface area contributed by atoms with E-state index in [-0.39, 0.29) is 11.9 Å². The summed E-state index contributed by atoms with van der Waals surface area (Å²) < 4.78 is 1.03. The first-order chi connectivity index (χ1) is 16.1. The topological polar surface area (TPSA) is 46.4 Å². The summed E-state index contributed by atoms with van der Waals surface area (Å²) in [7, 11) is 0. The first kappa shape index (κ1) is 21.8. The molecule has 0 bridgehead atoms. The van der Waals surface area contributed by atoms with Crippen LogP contribution in [0, 0.1) is 0 Å². The first-order valence-corrected chi connectivity index (χ1v) is 12.2. The third kappa shape index (κ3) is 4.70. The highest BCUT2D eigenvalue weighted by Crippen LogP contribution is 2.26. The molecule has 0 fully saturated rings. The Kier molecular flexibility index (Phi) is 6.25. The molecule has 1 unspecified atom stereocenters. The lowest BCUT2D eigenvalue weighted by Gasteiger charge is -2.28. The molecule has 1 aliphatic rings. The van der Waals surface area contributed by atoms with Gasteiger partial charge < -0.3 is 10.2 Å². The number of benzene rings is 3. The van der Waals surface area contributed by atoms with E-state index in [0.717, 1.165) is 63.8 Å².